The highest BCUT2D eigenvalue weighted by atomic mass is 19.1. The van der Waals surface area contributed by atoms with E-state index in [9.17, 15) is 14.3 Å². The van der Waals surface area contributed by atoms with Gasteiger partial charge in [0.15, 0.2) is 11.5 Å². The molecular weight excluding hydrogens is 491 g/mol. The molecule has 0 saturated carbocycles. The van der Waals surface area contributed by atoms with Crippen molar-refractivity contribution in [2.45, 2.75) is 32.5 Å². The number of aryl methyl sites for hydroxylation is 1. The number of aromatic nitrogens is 2. The lowest BCUT2D eigenvalue weighted by atomic mass is 10.0. The second-order valence-electron chi connectivity index (χ2n) is 9.62. The smallest absolute Gasteiger partial charge is 0.219 e. The molecule has 1 aliphatic heterocycles. The number of ether oxygens (including phenoxy) is 3. The van der Waals surface area contributed by atoms with Gasteiger partial charge in [-0.1, -0.05) is 6.07 Å². The van der Waals surface area contributed by atoms with Crippen molar-refractivity contribution in [2.75, 3.05) is 46.5 Å². The number of hydrogen-bond donors (Lipinski definition) is 1. The molecule has 0 radical (unpaired) electrons. The predicted molar refractivity (Wildman–Crippen MR) is 140 cm³/mol. The van der Waals surface area contributed by atoms with Crippen molar-refractivity contribution in [2.24, 2.45) is 0 Å². The van der Waals surface area contributed by atoms with Crippen LogP contribution in [0.4, 0.5) is 4.39 Å². The van der Waals surface area contributed by atoms with Crippen molar-refractivity contribution in [3.63, 3.8) is 0 Å². The summed E-state index contributed by atoms with van der Waals surface area (Å²) in [6, 6.07) is 11.4. The van der Waals surface area contributed by atoms with Crippen molar-refractivity contribution in [1.29, 1.82) is 0 Å². The lowest BCUT2D eigenvalue weighted by Crippen LogP contribution is -2.51. The Labute approximate surface area is 222 Å². The van der Waals surface area contributed by atoms with E-state index < -0.39 is 5.60 Å². The summed E-state index contributed by atoms with van der Waals surface area (Å²) in [5.74, 6) is 2.18. The van der Waals surface area contributed by atoms with E-state index in [2.05, 4.69) is 9.88 Å². The Kier molecular flexibility index (Phi) is 8.85. The first-order valence-corrected chi connectivity index (χ1v) is 12.6. The van der Waals surface area contributed by atoms with Crippen molar-refractivity contribution in [3.8, 4) is 17.2 Å². The minimum absolute atomic E-state index is 0.0381. The average Bonchev–Trinajstić information content (AvgIpc) is 3.22. The highest BCUT2D eigenvalue weighted by Crippen LogP contribution is 2.29. The zero-order valence-electron chi connectivity index (χ0n) is 22.1. The first kappa shape index (κ1) is 27.4. The van der Waals surface area contributed by atoms with Crippen LogP contribution in [0.2, 0.25) is 0 Å². The van der Waals surface area contributed by atoms with Crippen LogP contribution in [0, 0.1) is 12.7 Å². The first-order chi connectivity index (χ1) is 18.2. The van der Waals surface area contributed by atoms with Gasteiger partial charge < -0.3 is 28.8 Å². The molecule has 0 spiro atoms. The molecule has 9 nitrogen and oxygen atoms in total. The van der Waals surface area contributed by atoms with E-state index in [1.165, 1.54) is 31.2 Å². The maximum Gasteiger partial charge on any atom is 0.219 e. The summed E-state index contributed by atoms with van der Waals surface area (Å²) in [6.45, 7) is 6.55. The van der Waals surface area contributed by atoms with Crippen molar-refractivity contribution in [3.05, 3.63) is 72.1 Å². The number of halogens is 1. The number of benzene rings is 2. The van der Waals surface area contributed by atoms with E-state index >= 15 is 0 Å². The van der Waals surface area contributed by atoms with Gasteiger partial charge >= 0.3 is 0 Å². The molecule has 2 heterocycles. The molecular formula is C28H35FN4O5. The highest BCUT2D eigenvalue weighted by molar-refractivity contribution is 5.73. The van der Waals surface area contributed by atoms with Crippen molar-refractivity contribution in [1.82, 2.24) is 19.4 Å². The van der Waals surface area contributed by atoms with E-state index in [1.54, 1.807) is 18.2 Å². The maximum atomic E-state index is 13.3. The van der Waals surface area contributed by atoms with Crippen LogP contribution in [0.5, 0.6) is 17.2 Å². The largest absolute Gasteiger partial charge is 0.493 e. The Morgan fingerprint density at radius 1 is 1.11 bits per heavy atom. The van der Waals surface area contributed by atoms with Gasteiger partial charge in [0.2, 0.25) is 5.91 Å². The van der Waals surface area contributed by atoms with Gasteiger partial charge in [0.05, 0.1) is 20.2 Å². The molecule has 3 aromatic rings. The third-order valence-electron chi connectivity index (χ3n) is 6.60. The van der Waals surface area contributed by atoms with Gasteiger partial charge in [-0.2, -0.15) is 0 Å². The summed E-state index contributed by atoms with van der Waals surface area (Å²) in [7, 11) is 1.61. The van der Waals surface area contributed by atoms with Gasteiger partial charge in [-0.05, 0) is 48.9 Å². The van der Waals surface area contributed by atoms with Crippen LogP contribution in [0.15, 0.2) is 54.9 Å². The number of aliphatic hydroxyl groups is 1. The normalized spacial score (nSPS) is 18.2. The van der Waals surface area contributed by atoms with Gasteiger partial charge in [-0.15, -0.1) is 0 Å². The summed E-state index contributed by atoms with van der Waals surface area (Å²) >= 11 is 0. The Balaban J connectivity index is 1.44. The molecule has 2 aromatic carbocycles. The zero-order chi connectivity index (χ0) is 27.1. The molecule has 0 bridgehead atoms. The predicted octanol–water partition coefficient (Wildman–Crippen LogP) is 2.89. The highest BCUT2D eigenvalue weighted by Gasteiger charge is 2.37. The van der Waals surface area contributed by atoms with Crippen LogP contribution in [0.3, 0.4) is 0 Å². The Morgan fingerprint density at radius 2 is 1.89 bits per heavy atom. The summed E-state index contributed by atoms with van der Waals surface area (Å²) in [4.78, 5) is 20.2. The number of rotatable bonds is 10. The number of carbonyl (C=O) groups excluding carboxylic acids is 1. The first-order valence-electron chi connectivity index (χ1n) is 12.6. The lowest BCUT2D eigenvalue weighted by Gasteiger charge is -2.32. The van der Waals surface area contributed by atoms with E-state index in [0.29, 0.717) is 56.6 Å². The van der Waals surface area contributed by atoms with Crippen LogP contribution < -0.4 is 14.2 Å². The number of nitrogens with zero attached hydrogens (tertiary/aromatic N) is 4. The Bertz CT molecular complexity index is 1220. The van der Waals surface area contributed by atoms with Crippen LogP contribution in [0.1, 0.15) is 18.3 Å². The zero-order valence-corrected chi connectivity index (χ0v) is 22.1. The second kappa shape index (κ2) is 12.3. The number of carbonyl (C=O) groups is 1. The fraction of sp³-hybridized carbons (Fsp3) is 0.429. The molecule has 10 heteroatoms. The third kappa shape index (κ3) is 7.23. The van der Waals surface area contributed by atoms with E-state index in [-0.39, 0.29) is 24.9 Å². The van der Waals surface area contributed by atoms with Crippen molar-refractivity contribution >= 4 is 5.91 Å². The molecule has 1 aliphatic rings. The minimum atomic E-state index is -1.31. The Morgan fingerprint density at radius 3 is 2.58 bits per heavy atom. The molecule has 0 aliphatic carbocycles. The molecule has 0 unspecified atom stereocenters. The van der Waals surface area contributed by atoms with E-state index in [1.807, 2.05) is 35.9 Å². The monoisotopic (exact) mass is 526 g/mol. The van der Waals surface area contributed by atoms with Crippen LogP contribution in [-0.4, -0.2) is 82.5 Å². The number of hydrogen-bond acceptors (Lipinski definition) is 7. The topological polar surface area (TPSA) is 89.3 Å². The van der Waals surface area contributed by atoms with Crippen LogP contribution in [-0.2, 0) is 17.9 Å². The second-order valence-corrected chi connectivity index (χ2v) is 9.62. The fourth-order valence-corrected chi connectivity index (χ4v) is 4.57. The SMILES string of the molecule is COc1ccc(CN2CCN(C(C)=O)C[C@@](O)(COc3ccc(F)cc3)C2)cc1OCCn1ccnc1C. The van der Waals surface area contributed by atoms with Gasteiger partial charge in [0, 0.05) is 45.5 Å². The summed E-state index contributed by atoms with van der Waals surface area (Å²) in [5, 5.41) is 11.5. The van der Waals surface area contributed by atoms with E-state index in [4.69, 9.17) is 14.2 Å². The fourth-order valence-electron chi connectivity index (χ4n) is 4.57. The molecule has 1 aromatic heterocycles. The molecule has 1 fully saturated rings. The van der Waals surface area contributed by atoms with Gasteiger partial charge in [-0.3, -0.25) is 9.69 Å². The quantitative estimate of drug-likeness (QED) is 0.435. The molecule has 204 valence electrons. The number of amides is 1. The van der Waals surface area contributed by atoms with Gasteiger partial charge in [-0.25, -0.2) is 9.37 Å². The summed E-state index contributed by atoms with van der Waals surface area (Å²) < 4.78 is 32.6. The third-order valence-corrected chi connectivity index (χ3v) is 6.60. The van der Waals surface area contributed by atoms with E-state index in [0.717, 1.165) is 11.4 Å². The van der Waals surface area contributed by atoms with Crippen LogP contribution in [0.25, 0.3) is 0 Å². The summed E-state index contributed by atoms with van der Waals surface area (Å²) in [6.07, 6.45) is 3.67. The molecule has 1 atom stereocenters. The van der Waals surface area contributed by atoms with Gasteiger partial charge in [0.1, 0.15) is 36.2 Å². The molecule has 38 heavy (non-hydrogen) atoms. The Hall–Kier alpha value is -3.63. The maximum absolute atomic E-state index is 13.3. The summed E-state index contributed by atoms with van der Waals surface area (Å²) in [5.41, 5.74) is -0.330. The number of imidazole rings is 1. The average molecular weight is 527 g/mol. The molecule has 4 rings (SSSR count). The number of β-amino-alcohol motifs (C(OH)–C–C–N with tert-alkyl or cyclic N) is 1. The van der Waals surface area contributed by atoms with Crippen molar-refractivity contribution < 1.29 is 28.5 Å². The lowest BCUT2D eigenvalue weighted by molar-refractivity contribution is -0.132. The minimum Gasteiger partial charge on any atom is -0.493 e. The standard InChI is InChI=1S/C28H35FN4O5/c1-21-30-10-11-32(21)14-15-37-27-16-23(4-9-26(27)36-3)17-31-12-13-33(22(2)34)19-28(35,18-31)20-38-25-7-5-24(29)6-8-25/h4-11,16,35H,12-15,17-20H2,1-3H3/t28-/m1/s1. The molecule has 1 saturated heterocycles. The van der Waals surface area contributed by atoms with Crippen LogP contribution >= 0.6 is 0 Å². The molecule has 1 amide bonds. The van der Waals surface area contributed by atoms with Gasteiger partial charge in [0.25, 0.3) is 0 Å². The number of methoxy groups -OCH3 is 1. The molecule has 1 N–H and O–H groups in total.